The first kappa shape index (κ1) is 18.1. The average Bonchev–Trinajstić information content (AvgIpc) is 2.93. The lowest BCUT2D eigenvalue weighted by atomic mass is 9.45. The molecule has 7 atom stereocenters. The summed E-state index contributed by atoms with van der Waals surface area (Å²) in [6, 6.07) is 0. The molecule has 0 aromatic rings. The highest BCUT2D eigenvalue weighted by atomic mass is 19.1. The molecule has 4 N–H and O–H groups in total. The van der Waals surface area contributed by atoms with Gasteiger partial charge < -0.3 is 21.0 Å². The number of allylic oxidation sites excluding steroid dienone is 4. The van der Waals surface area contributed by atoms with E-state index < -0.39 is 17.2 Å². The first-order valence-electron chi connectivity index (χ1n) is 9.72. The summed E-state index contributed by atoms with van der Waals surface area (Å²) in [5.41, 5.74) is -1.31. The number of fused-ring (bicyclic) bond motifs is 5. The molecule has 0 aromatic heterocycles. The number of nitrogens with one attached hydrogen (secondary N) is 2. The van der Waals surface area contributed by atoms with Crippen LogP contribution in [0, 0.1) is 39.4 Å². The van der Waals surface area contributed by atoms with Crippen LogP contribution in [0.2, 0.25) is 0 Å². The van der Waals surface area contributed by atoms with Gasteiger partial charge in [0.1, 0.15) is 0 Å². The van der Waals surface area contributed by atoms with E-state index in [1.54, 1.807) is 18.2 Å². The summed E-state index contributed by atoms with van der Waals surface area (Å²) < 4.78 is 16.8. The molecule has 5 heteroatoms. The van der Waals surface area contributed by atoms with Gasteiger partial charge in [-0.3, -0.25) is 0 Å². The smallest absolute Gasteiger partial charge is 0.152 e. The molecule has 4 nitrogen and oxygen atoms in total. The van der Waals surface area contributed by atoms with Gasteiger partial charge in [0.15, 0.2) is 5.67 Å². The minimum absolute atomic E-state index is 0.0727. The molecule has 0 spiro atoms. The van der Waals surface area contributed by atoms with E-state index in [1.165, 1.54) is 0 Å². The molecule has 0 amide bonds. The van der Waals surface area contributed by atoms with Crippen LogP contribution in [0.1, 0.15) is 46.0 Å². The van der Waals surface area contributed by atoms with Gasteiger partial charge in [0.25, 0.3) is 0 Å². The minimum Gasteiger partial charge on any atom is -0.390 e. The lowest BCUT2D eigenvalue weighted by Gasteiger charge is -2.62. The Kier molecular flexibility index (Phi) is 3.88. The fraction of sp³-hybridized carbons (Fsp3) is 0.714. The van der Waals surface area contributed by atoms with Crippen molar-refractivity contribution in [1.82, 2.24) is 0 Å². The van der Waals surface area contributed by atoms with Crippen LogP contribution in [0.5, 0.6) is 0 Å². The molecule has 4 rings (SSSR count). The predicted octanol–water partition coefficient (Wildman–Crippen LogP) is 3.44. The Morgan fingerprint density at radius 1 is 1.27 bits per heavy atom. The van der Waals surface area contributed by atoms with Crippen molar-refractivity contribution in [2.45, 2.75) is 57.7 Å². The number of rotatable bonds is 2. The molecule has 0 heterocycles. The summed E-state index contributed by atoms with van der Waals surface area (Å²) in [5, 5.41) is 36.6. The van der Waals surface area contributed by atoms with Crippen LogP contribution in [-0.4, -0.2) is 40.0 Å². The van der Waals surface area contributed by atoms with Crippen LogP contribution >= 0.6 is 0 Å². The fourth-order valence-corrected chi connectivity index (χ4v) is 6.91. The van der Waals surface area contributed by atoms with Gasteiger partial charge in [-0.25, -0.2) is 4.39 Å². The summed E-state index contributed by atoms with van der Waals surface area (Å²) in [4.78, 5) is 0. The van der Waals surface area contributed by atoms with Gasteiger partial charge >= 0.3 is 0 Å². The van der Waals surface area contributed by atoms with Gasteiger partial charge in [0.2, 0.25) is 0 Å². The van der Waals surface area contributed by atoms with Gasteiger partial charge in [-0.05, 0) is 62.5 Å². The normalized spacial score (nSPS) is 49.9. The molecular weight excluding hydrogens is 331 g/mol. The Morgan fingerprint density at radius 3 is 2.69 bits per heavy atom. The monoisotopic (exact) mass is 360 g/mol. The summed E-state index contributed by atoms with van der Waals surface area (Å²) in [7, 11) is 0. The lowest BCUT2D eigenvalue weighted by molar-refractivity contribution is -0.191. The molecular formula is C21H29FN2O2. The molecule has 0 bridgehead atoms. The van der Waals surface area contributed by atoms with Crippen molar-refractivity contribution in [1.29, 1.82) is 10.8 Å². The Hall–Kier alpha value is -1.33. The SMILES string of the molecule is CC12CC(O)[C@@]3(F)C(CCC4=CC(=N)C=CC43C)[C@@H]1CCC2C(=N)CO. The minimum atomic E-state index is -1.74. The molecule has 4 aliphatic carbocycles. The van der Waals surface area contributed by atoms with Crippen LogP contribution in [0.25, 0.3) is 0 Å². The number of hydrogen-bond acceptors (Lipinski definition) is 4. The average molecular weight is 360 g/mol. The third-order valence-electron chi connectivity index (χ3n) is 8.26. The molecule has 142 valence electrons. The number of alkyl halides is 1. The first-order chi connectivity index (χ1) is 12.2. The molecule has 3 fully saturated rings. The first-order valence-corrected chi connectivity index (χ1v) is 9.72. The van der Waals surface area contributed by atoms with Gasteiger partial charge in [0, 0.05) is 23.0 Å². The Balaban J connectivity index is 1.78. The van der Waals surface area contributed by atoms with Crippen LogP contribution in [0.15, 0.2) is 23.8 Å². The van der Waals surface area contributed by atoms with Gasteiger partial charge in [-0.15, -0.1) is 0 Å². The van der Waals surface area contributed by atoms with Crippen molar-refractivity contribution in [3.05, 3.63) is 23.8 Å². The summed E-state index contributed by atoms with van der Waals surface area (Å²) in [6.07, 6.45) is 7.52. The number of halogens is 1. The quantitative estimate of drug-likeness (QED) is 0.569. The highest BCUT2D eigenvalue weighted by Crippen LogP contribution is 2.68. The highest BCUT2D eigenvalue weighted by Gasteiger charge is 2.70. The third kappa shape index (κ3) is 2.02. The maximum absolute atomic E-state index is 16.8. The largest absolute Gasteiger partial charge is 0.390 e. The van der Waals surface area contributed by atoms with Crippen molar-refractivity contribution in [2.24, 2.45) is 28.6 Å². The second-order valence-electron chi connectivity index (χ2n) is 9.22. The Labute approximate surface area is 154 Å². The molecule has 0 aliphatic heterocycles. The highest BCUT2D eigenvalue weighted by molar-refractivity contribution is 6.03. The molecule has 0 saturated heterocycles. The van der Waals surface area contributed by atoms with E-state index in [0.29, 0.717) is 24.3 Å². The van der Waals surface area contributed by atoms with Gasteiger partial charge in [0.05, 0.1) is 18.4 Å². The fourth-order valence-electron chi connectivity index (χ4n) is 6.91. The summed E-state index contributed by atoms with van der Waals surface area (Å²) in [6.45, 7) is 3.70. The van der Waals surface area contributed by atoms with Crippen molar-refractivity contribution in [3.63, 3.8) is 0 Å². The third-order valence-corrected chi connectivity index (χ3v) is 8.26. The second-order valence-corrected chi connectivity index (χ2v) is 9.22. The number of aliphatic hydroxyl groups excluding tert-OH is 2. The van der Waals surface area contributed by atoms with Gasteiger partial charge in [-0.2, -0.15) is 0 Å². The number of aliphatic hydroxyl groups is 2. The van der Waals surface area contributed by atoms with E-state index in [0.717, 1.165) is 24.8 Å². The van der Waals surface area contributed by atoms with E-state index in [4.69, 9.17) is 10.8 Å². The Bertz CT molecular complexity index is 732. The van der Waals surface area contributed by atoms with Crippen molar-refractivity contribution >= 4 is 11.4 Å². The number of hydrogen-bond donors (Lipinski definition) is 4. The topological polar surface area (TPSA) is 88.2 Å². The van der Waals surface area contributed by atoms with Crippen LogP contribution in [-0.2, 0) is 0 Å². The molecule has 5 unspecified atom stereocenters. The summed E-state index contributed by atoms with van der Waals surface area (Å²) in [5.74, 6) is -0.218. The van der Waals surface area contributed by atoms with Gasteiger partial charge in [-0.1, -0.05) is 18.6 Å². The van der Waals surface area contributed by atoms with E-state index in [-0.39, 0.29) is 29.8 Å². The van der Waals surface area contributed by atoms with Crippen LogP contribution in [0.3, 0.4) is 0 Å². The zero-order valence-electron chi connectivity index (χ0n) is 15.6. The molecule has 4 aliphatic rings. The van der Waals surface area contributed by atoms with Crippen LogP contribution in [0.4, 0.5) is 4.39 Å². The van der Waals surface area contributed by atoms with E-state index in [2.05, 4.69) is 6.92 Å². The molecule has 0 radical (unpaired) electrons. The second kappa shape index (κ2) is 5.59. The molecule has 26 heavy (non-hydrogen) atoms. The lowest BCUT2D eigenvalue weighted by Crippen LogP contribution is -2.66. The zero-order chi connectivity index (χ0) is 18.9. The maximum Gasteiger partial charge on any atom is 0.152 e. The Morgan fingerprint density at radius 2 is 2.00 bits per heavy atom. The maximum atomic E-state index is 16.8. The van der Waals surface area contributed by atoms with E-state index in [9.17, 15) is 10.2 Å². The molecule has 3 saturated carbocycles. The predicted molar refractivity (Wildman–Crippen MR) is 99.4 cm³/mol. The standard InChI is InChI=1S/C21H29FN2O2/c1-19-10-18(26)21(22)15(14(19)5-6-16(19)17(24)11-25)4-3-12-9-13(23)7-8-20(12,21)2/h7-9,14-16,18,23-26H,3-6,10-11H2,1-2H3/t14-,15?,16?,18?,19?,20?,21-/m0/s1. The molecule has 0 aromatic carbocycles. The van der Waals surface area contributed by atoms with Crippen molar-refractivity contribution < 1.29 is 14.6 Å². The summed E-state index contributed by atoms with van der Waals surface area (Å²) >= 11 is 0. The van der Waals surface area contributed by atoms with Crippen LogP contribution < -0.4 is 0 Å². The van der Waals surface area contributed by atoms with Crippen molar-refractivity contribution in [2.75, 3.05) is 6.61 Å². The van der Waals surface area contributed by atoms with E-state index >= 15 is 4.39 Å². The van der Waals surface area contributed by atoms with Crippen molar-refractivity contribution in [3.8, 4) is 0 Å². The van der Waals surface area contributed by atoms with E-state index in [1.807, 2.05) is 6.92 Å². The zero-order valence-corrected chi connectivity index (χ0v) is 15.6.